The number of hydrogen-bond acceptors (Lipinski definition) is 7. The van der Waals surface area contributed by atoms with Gasteiger partial charge in [0.05, 0.1) is 19.9 Å². The fourth-order valence-electron chi connectivity index (χ4n) is 4.34. The number of methoxy groups -OCH3 is 1. The molecule has 4 aromatic rings. The van der Waals surface area contributed by atoms with E-state index in [1.165, 1.54) is 22.7 Å². The molecule has 0 unspecified atom stereocenters. The zero-order valence-electron chi connectivity index (χ0n) is 19.7. The first kappa shape index (κ1) is 23.1. The summed E-state index contributed by atoms with van der Waals surface area (Å²) in [6.45, 7) is 2.52. The van der Waals surface area contributed by atoms with E-state index in [-0.39, 0.29) is 5.91 Å². The number of carbonyl (C=O) groups is 1. The van der Waals surface area contributed by atoms with Crippen LogP contribution in [-0.2, 0) is 30.7 Å². The Balaban J connectivity index is 1.26. The molecule has 2 aromatic carbocycles. The summed E-state index contributed by atoms with van der Waals surface area (Å²) >= 11 is 1.35. The molecule has 0 radical (unpaired) electrons. The normalized spacial score (nSPS) is 12.9. The van der Waals surface area contributed by atoms with Crippen molar-refractivity contribution in [3.05, 3.63) is 95.2 Å². The lowest BCUT2D eigenvalue weighted by Crippen LogP contribution is -2.38. The average Bonchev–Trinajstić information content (AvgIpc) is 3.58. The number of furan rings is 1. The van der Waals surface area contributed by atoms with Crippen molar-refractivity contribution in [3.63, 3.8) is 0 Å². The quantitative estimate of drug-likeness (QED) is 0.340. The molecule has 0 aliphatic carbocycles. The number of aromatic nitrogens is 2. The van der Waals surface area contributed by atoms with E-state index in [2.05, 4.69) is 27.5 Å². The smallest absolute Gasteiger partial charge is 0.224 e. The molecule has 0 spiro atoms. The van der Waals surface area contributed by atoms with Crippen molar-refractivity contribution >= 4 is 22.6 Å². The van der Waals surface area contributed by atoms with E-state index < -0.39 is 0 Å². The molecule has 7 nitrogen and oxygen atoms in total. The van der Waals surface area contributed by atoms with E-state index in [1.54, 1.807) is 13.4 Å². The van der Waals surface area contributed by atoms with Crippen molar-refractivity contribution in [1.29, 1.82) is 0 Å². The maximum Gasteiger partial charge on any atom is 0.224 e. The van der Waals surface area contributed by atoms with Crippen LogP contribution in [0, 0.1) is 0 Å². The number of hydrogen-bond donors (Lipinski definition) is 0. The summed E-state index contributed by atoms with van der Waals surface area (Å²) in [5, 5.41) is 0.788. The molecule has 35 heavy (non-hydrogen) atoms. The largest absolute Gasteiger partial charge is 0.497 e. The summed E-state index contributed by atoms with van der Waals surface area (Å²) in [6.07, 6.45) is 3.60. The highest BCUT2D eigenvalue weighted by atomic mass is 32.1. The second kappa shape index (κ2) is 10.7. The van der Waals surface area contributed by atoms with Gasteiger partial charge in [0.15, 0.2) is 0 Å². The summed E-state index contributed by atoms with van der Waals surface area (Å²) in [4.78, 5) is 21.9. The second-order valence-electron chi connectivity index (χ2n) is 8.61. The molecule has 0 atom stereocenters. The Morgan fingerprint density at radius 2 is 2.03 bits per heavy atom. The van der Waals surface area contributed by atoms with Crippen LogP contribution in [-0.4, -0.2) is 40.4 Å². The summed E-state index contributed by atoms with van der Waals surface area (Å²) in [5.41, 5.74) is 3.67. The number of rotatable bonds is 9. The molecule has 1 aliphatic heterocycles. The summed E-state index contributed by atoms with van der Waals surface area (Å²) < 4.78 is 15.5. The van der Waals surface area contributed by atoms with Crippen LogP contribution in [0.4, 0.5) is 5.13 Å². The van der Waals surface area contributed by atoms with E-state index in [0.29, 0.717) is 32.5 Å². The minimum atomic E-state index is 0.157. The van der Waals surface area contributed by atoms with Crippen LogP contribution in [0.15, 0.2) is 71.3 Å². The van der Waals surface area contributed by atoms with Crippen molar-refractivity contribution in [2.24, 2.45) is 0 Å². The van der Waals surface area contributed by atoms with Gasteiger partial charge in [0.1, 0.15) is 17.3 Å². The van der Waals surface area contributed by atoms with E-state index in [0.717, 1.165) is 41.0 Å². The standard InChI is InChI=1S/C27H28N4O3S/c1-33-23-9-4-6-20(16-23)17-25-28-27(35-29-25)31(19-24-10-5-15-34-24)14-12-26(32)30-13-11-21-7-2-3-8-22(21)18-30/h2-10,15-16H,11-14,17-19H2,1H3. The molecule has 1 amide bonds. The lowest BCUT2D eigenvalue weighted by Gasteiger charge is -2.30. The molecule has 0 saturated heterocycles. The fraction of sp³-hybridized carbons (Fsp3) is 0.296. The van der Waals surface area contributed by atoms with Gasteiger partial charge in [-0.1, -0.05) is 36.4 Å². The van der Waals surface area contributed by atoms with Gasteiger partial charge < -0.3 is 19.0 Å². The Labute approximate surface area is 209 Å². The van der Waals surface area contributed by atoms with Crippen molar-refractivity contribution in [1.82, 2.24) is 14.3 Å². The Bertz CT molecular complexity index is 1270. The van der Waals surface area contributed by atoms with Gasteiger partial charge in [0.25, 0.3) is 0 Å². The minimum absolute atomic E-state index is 0.157. The van der Waals surface area contributed by atoms with Gasteiger partial charge in [0.2, 0.25) is 11.0 Å². The highest BCUT2D eigenvalue weighted by Gasteiger charge is 2.22. The van der Waals surface area contributed by atoms with E-state index in [1.807, 2.05) is 47.4 Å². The van der Waals surface area contributed by atoms with E-state index in [9.17, 15) is 4.79 Å². The Morgan fingerprint density at radius 3 is 2.86 bits per heavy atom. The molecular weight excluding hydrogens is 460 g/mol. The monoisotopic (exact) mass is 488 g/mol. The number of fused-ring (bicyclic) bond motifs is 1. The highest BCUT2D eigenvalue weighted by molar-refractivity contribution is 7.09. The van der Waals surface area contributed by atoms with Gasteiger partial charge in [-0.25, -0.2) is 4.98 Å². The Hall–Kier alpha value is -3.65. The van der Waals surface area contributed by atoms with Crippen LogP contribution >= 0.6 is 11.5 Å². The van der Waals surface area contributed by atoms with Gasteiger partial charge in [0, 0.05) is 44.0 Å². The SMILES string of the molecule is COc1cccc(Cc2nsc(N(CCC(=O)N3CCc4ccccc4C3)Cc3ccco3)n2)c1. The molecule has 0 bridgehead atoms. The van der Waals surface area contributed by atoms with Crippen molar-refractivity contribution in [2.75, 3.05) is 25.1 Å². The summed E-state index contributed by atoms with van der Waals surface area (Å²) in [6, 6.07) is 20.1. The summed E-state index contributed by atoms with van der Waals surface area (Å²) in [7, 11) is 1.66. The first-order valence-electron chi connectivity index (χ1n) is 11.8. The maximum absolute atomic E-state index is 13.1. The molecule has 8 heteroatoms. The molecule has 3 heterocycles. The topological polar surface area (TPSA) is 71.7 Å². The van der Waals surface area contributed by atoms with Gasteiger partial charge in [-0.15, -0.1) is 0 Å². The second-order valence-corrected chi connectivity index (χ2v) is 9.34. The number of nitrogens with zero attached hydrogens (tertiary/aromatic N) is 4. The maximum atomic E-state index is 13.1. The molecule has 1 aliphatic rings. The molecular formula is C27H28N4O3S. The first-order valence-corrected chi connectivity index (χ1v) is 12.5. The molecule has 0 saturated carbocycles. The third-order valence-electron chi connectivity index (χ3n) is 6.23. The lowest BCUT2D eigenvalue weighted by atomic mass is 10.00. The van der Waals surface area contributed by atoms with Crippen LogP contribution in [0.25, 0.3) is 0 Å². The van der Waals surface area contributed by atoms with Gasteiger partial charge in [-0.2, -0.15) is 4.37 Å². The van der Waals surface area contributed by atoms with Crippen LogP contribution < -0.4 is 9.64 Å². The molecule has 5 rings (SSSR count). The molecule has 180 valence electrons. The van der Waals surface area contributed by atoms with Gasteiger partial charge >= 0.3 is 0 Å². The lowest BCUT2D eigenvalue weighted by molar-refractivity contribution is -0.131. The Kier molecular flexibility index (Phi) is 7.09. The van der Waals surface area contributed by atoms with Crippen LogP contribution in [0.2, 0.25) is 0 Å². The zero-order chi connectivity index (χ0) is 24.0. The summed E-state index contributed by atoms with van der Waals surface area (Å²) in [5.74, 6) is 2.55. The molecule has 0 N–H and O–H groups in total. The van der Waals surface area contributed by atoms with Crippen LogP contribution in [0.3, 0.4) is 0 Å². The van der Waals surface area contributed by atoms with Crippen molar-refractivity contribution in [2.45, 2.75) is 32.4 Å². The fourth-order valence-corrected chi connectivity index (χ4v) is 5.05. The van der Waals surface area contributed by atoms with E-state index in [4.69, 9.17) is 14.1 Å². The van der Waals surface area contributed by atoms with E-state index >= 15 is 0 Å². The predicted octanol–water partition coefficient (Wildman–Crippen LogP) is 4.71. The number of ether oxygens (including phenoxy) is 1. The van der Waals surface area contributed by atoms with Crippen molar-refractivity contribution < 1.29 is 13.9 Å². The number of amides is 1. The number of benzene rings is 2. The first-order chi connectivity index (χ1) is 17.2. The Morgan fingerprint density at radius 1 is 1.14 bits per heavy atom. The van der Waals surface area contributed by atoms with Gasteiger partial charge in [-0.05, 0) is 47.4 Å². The van der Waals surface area contributed by atoms with Crippen molar-refractivity contribution in [3.8, 4) is 5.75 Å². The average molecular weight is 489 g/mol. The number of anilines is 1. The highest BCUT2D eigenvalue weighted by Crippen LogP contribution is 2.24. The van der Waals surface area contributed by atoms with Crippen LogP contribution in [0.1, 0.15) is 34.7 Å². The third kappa shape index (κ3) is 5.71. The predicted molar refractivity (Wildman–Crippen MR) is 136 cm³/mol. The van der Waals surface area contributed by atoms with Gasteiger partial charge in [-0.3, -0.25) is 4.79 Å². The zero-order valence-corrected chi connectivity index (χ0v) is 20.5. The molecule has 2 aromatic heterocycles. The number of carbonyl (C=O) groups excluding carboxylic acids is 1. The molecule has 0 fully saturated rings. The minimum Gasteiger partial charge on any atom is -0.497 e. The third-order valence-corrected chi connectivity index (χ3v) is 7.04. The van der Waals surface area contributed by atoms with Crippen LogP contribution in [0.5, 0.6) is 5.75 Å².